The van der Waals surface area contributed by atoms with E-state index in [0.717, 1.165) is 28.2 Å². The van der Waals surface area contributed by atoms with E-state index in [4.69, 9.17) is 5.73 Å². The predicted molar refractivity (Wildman–Crippen MR) is 61.7 cm³/mol. The fraction of sp³-hybridized carbons (Fsp3) is 0.364. The van der Waals surface area contributed by atoms with Gasteiger partial charge in [0.05, 0.1) is 23.1 Å². The number of rotatable bonds is 2. The summed E-state index contributed by atoms with van der Waals surface area (Å²) >= 11 is 0. The number of aromatic nitrogens is 2. The molecule has 1 aliphatic rings. The van der Waals surface area contributed by atoms with Crippen LogP contribution in [0, 0.1) is 5.92 Å². The number of hydrogen-bond acceptors (Lipinski definition) is 3. The zero-order valence-corrected chi connectivity index (χ0v) is 8.62. The van der Waals surface area contributed by atoms with Gasteiger partial charge in [-0.05, 0) is 24.5 Å². The van der Waals surface area contributed by atoms with Crippen LogP contribution in [0.1, 0.15) is 13.3 Å². The van der Waals surface area contributed by atoms with Gasteiger partial charge in [0, 0.05) is 11.4 Å². The number of H-pyrrole nitrogens is 1. The Morgan fingerprint density at radius 1 is 1.53 bits per heavy atom. The average molecular weight is 202 g/mol. The quantitative estimate of drug-likeness (QED) is 0.652. The zero-order valence-electron chi connectivity index (χ0n) is 8.62. The summed E-state index contributed by atoms with van der Waals surface area (Å²) < 4.78 is 0. The molecule has 1 fully saturated rings. The first kappa shape index (κ1) is 8.59. The van der Waals surface area contributed by atoms with Crippen LogP contribution in [0.3, 0.4) is 0 Å². The van der Waals surface area contributed by atoms with Crippen molar-refractivity contribution in [3.05, 3.63) is 18.3 Å². The lowest BCUT2D eigenvalue weighted by Gasteiger charge is -2.08. The van der Waals surface area contributed by atoms with Crippen LogP contribution in [0.5, 0.6) is 0 Å². The molecule has 2 unspecified atom stereocenters. The first-order valence-electron chi connectivity index (χ1n) is 5.23. The van der Waals surface area contributed by atoms with Crippen molar-refractivity contribution in [3.8, 4) is 0 Å². The van der Waals surface area contributed by atoms with Gasteiger partial charge >= 0.3 is 0 Å². The third-order valence-corrected chi connectivity index (χ3v) is 3.06. The second-order valence-corrected chi connectivity index (χ2v) is 4.36. The normalized spacial score (nSPS) is 24.3. The Balaban J connectivity index is 1.98. The number of benzene rings is 1. The SMILES string of the molecule is CC1CC1Nc1cc2[nH]ncc2cc1N. The maximum Gasteiger partial charge on any atom is 0.0672 e. The molecule has 2 aromatic rings. The predicted octanol–water partition coefficient (Wildman–Crippen LogP) is 1.97. The highest BCUT2D eigenvalue weighted by Crippen LogP contribution is 2.35. The van der Waals surface area contributed by atoms with Gasteiger partial charge in [-0.15, -0.1) is 0 Å². The maximum atomic E-state index is 5.96. The van der Waals surface area contributed by atoms with Crippen LogP contribution in [0.25, 0.3) is 10.9 Å². The fourth-order valence-corrected chi connectivity index (χ4v) is 1.86. The molecule has 1 aromatic heterocycles. The summed E-state index contributed by atoms with van der Waals surface area (Å²) in [4.78, 5) is 0. The van der Waals surface area contributed by atoms with Gasteiger partial charge in [-0.1, -0.05) is 6.92 Å². The minimum Gasteiger partial charge on any atom is -0.397 e. The van der Waals surface area contributed by atoms with E-state index in [9.17, 15) is 0 Å². The Bertz CT molecular complexity index is 502. The highest BCUT2D eigenvalue weighted by Gasteiger charge is 2.32. The van der Waals surface area contributed by atoms with E-state index in [0.29, 0.717) is 6.04 Å². The van der Waals surface area contributed by atoms with E-state index in [-0.39, 0.29) is 0 Å². The van der Waals surface area contributed by atoms with Crippen LogP contribution < -0.4 is 11.1 Å². The summed E-state index contributed by atoms with van der Waals surface area (Å²) in [5.74, 6) is 0.766. The lowest BCUT2D eigenvalue weighted by atomic mass is 10.2. The van der Waals surface area contributed by atoms with Crippen molar-refractivity contribution in [2.75, 3.05) is 11.1 Å². The van der Waals surface area contributed by atoms with E-state index in [1.165, 1.54) is 6.42 Å². The molecule has 1 heterocycles. The largest absolute Gasteiger partial charge is 0.397 e. The van der Waals surface area contributed by atoms with Crippen molar-refractivity contribution in [1.82, 2.24) is 10.2 Å². The van der Waals surface area contributed by atoms with Gasteiger partial charge < -0.3 is 11.1 Å². The van der Waals surface area contributed by atoms with Gasteiger partial charge in [-0.25, -0.2) is 0 Å². The van der Waals surface area contributed by atoms with Gasteiger partial charge in [0.1, 0.15) is 0 Å². The molecule has 2 atom stereocenters. The molecule has 3 rings (SSSR count). The van der Waals surface area contributed by atoms with Crippen molar-refractivity contribution in [2.45, 2.75) is 19.4 Å². The smallest absolute Gasteiger partial charge is 0.0672 e. The maximum absolute atomic E-state index is 5.96. The second-order valence-electron chi connectivity index (χ2n) is 4.36. The van der Waals surface area contributed by atoms with Crippen molar-refractivity contribution in [1.29, 1.82) is 0 Å². The fourth-order valence-electron chi connectivity index (χ4n) is 1.86. The summed E-state index contributed by atoms with van der Waals surface area (Å²) in [5, 5.41) is 11.4. The average Bonchev–Trinajstić information content (AvgIpc) is 2.72. The molecule has 4 heteroatoms. The summed E-state index contributed by atoms with van der Waals surface area (Å²) in [6.07, 6.45) is 3.02. The highest BCUT2D eigenvalue weighted by molar-refractivity contribution is 5.88. The van der Waals surface area contributed by atoms with Crippen LogP contribution in [0.15, 0.2) is 18.3 Å². The van der Waals surface area contributed by atoms with Crippen molar-refractivity contribution >= 4 is 22.3 Å². The summed E-state index contributed by atoms with van der Waals surface area (Å²) in [6.45, 7) is 2.24. The summed E-state index contributed by atoms with van der Waals surface area (Å²) in [7, 11) is 0. The standard InChI is InChI=1S/C11H14N4/c1-6-2-9(6)14-11-4-10-7(3-8(11)12)5-13-15-10/h3-6,9,14H,2,12H2,1H3,(H,13,15). The molecule has 0 radical (unpaired) electrons. The molecule has 1 aliphatic carbocycles. The number of nitrogens with two attached hydrogens (primary N) is 1. The highest BCUT2D eigenvalue weighted by atomic mass is 15.1. The molecule has 78 valence electrons. The number of anilines is 2. The summed E-state index contributed by atoms with van der Waals surface area (Å²) in [6, 6.07) is 4.57. The molecule has 4 N–H and O–H groups in total. The molecule has 1 saturated carbocycles. The van der Waals surface area contributed by atoms with Crippen molar-refractivity contribution in [3.63, 3.8) is 0 Å². The first-order chi connectivity index (χ1) is 7.24. The van der Waals surface area contributed by atoms with E-state index in [2.05, 4.69) is 22.4 Å². The number of nitrogens with one attached hydrogen (secondary N) is 2. The van der Waals surface area contributed by atoms with E-state index >= 15 is 0 Å². The van der Waals surface area contributed by atoms with Crippen molar-refractivity contribution in [2.24, 2.45) is 5.92 Å². The molecule has 0 amide bonds. The van der Waals surface area contributed by atoms with Gasteiger partial charge in [0.25, 0.3) is 0 Å². The Hall–Kier alpha value is -1.71. The third kappa shape index (κ3) is 1.42. The van der Waals surface area contributed by atoms with Gasteiger partial charge in [0.2, 0.25) is 0 Å². The van der Waals surface area contributed by atoms with E-state index in [1.807, 2.05) is 12.1 Å². The molecule has 0 bridgehead atoms. The minimum atomic E-state index is 0.590. The molecular weight excluding hydrogens is 188 g/mol. The Morgan fingerprint density at radius 3 is 3.07 bits per heavy atom. The van der Waals surface area contributed by atoms with Crippen LogP contribution in [0.4, 0.5) is 11.4 Å². The number of aromatic amines is 1. The molecule has 0 aliphatic heterocycles. The lowest BCUT2D eigenvalue weighted by molar-refractivity contribution is 0.930. The first-order valence-corrected chi connectivity index (χ1v) is 5.23. The van der Waals surface area contributed by atoms with Gasteiger partial charge in [-0.3, -0.25) is 5.10 Å². The Morgan fingerprint density at radius 2 is 2.33 bits per heavy atom. The van der Waals surface area contributed by atoms with Crippen LogP contribution >= 0.6 is 0 Å². The second kappa shape index (κ2) is 2.89. The number of nitrogen functional groups attached to an aromatic ring is 1. The minimum absolute atomic E-state index is 0.590. The zero-order chi connectivity index (χ0) is 10.4. The van der Waals surface area contributed by atoms with Crippen molar-refractivity contribution < 1.29 is 0 Å². The molecule has 1 aromatic carbocycles. The Kier molecular flexibility index (Phi) is 1.65. The van der Waals surface area contributed by atoms with Crippen LogP contribution in [-0.2, 0) is 0 Å². The molecule has 4 nitrogen and oxygen atoms in total. The van der Waals surface area contributed by atoms with Crippen LogP contribution in [-0.4, -0.2) is 16.2 Å². The lowest BCUT2D eigenvalue weighted by Crippen LogP contribution is -2.05. The van der Waals surface area contributed by atoms with Crippen LogP contribution in [0.2, 0.25) is 0 Å². The van der Waals surface area contributed by atoms with Gasteiger partial charge in [0.15, 0.2) is 0 Å². The number of hydrogen-bond donors (Lipinski definition) is 3. The molecule has 0 spiro atoms. The monoisotopic (exact) mass is 202 g/mol. The van der Waals surface area contributed by atoms with Gasteiger partial charge in [-0.2, -0.15) is 5.10 Å². The van der Waals surface area contributed by atoms with E-state index < -0.39 is 0 Å². The van der Waals surface area contributed by atoms with E-state index in [1.54, 1.807) is 6.20 Å². The number of fused-ring (bicyclic) bond motifs is 1. The Labute approximate surface area is 87.9 Å². The number of nitrogens with zero attached hydrogens (tertiary/aromatic N) is 1. The topological polar surface area (TPSA) is 66.7 Å². The molecule has 15 heavy (non-hydrogen) atoms. The third-order valence-electron chi connectivity index (χ3n) is 3.06. The molecular formula is C11H14N4. The summed E-state index contributed by atoms with van der Waals surface area (Å²) in [5.41, 5.74) is 8.80. The molecule has 0 saturated heterocycles.